The van der Waals surface area contributed by atoms with E-state index in [0.717, 1.165) is 0 Å². The van der Waals surface area contributed by atoms with Crippen LogP contribution in [0.25, 0.3) is 0 Å². The van der Waals surface area contributed by atoms with Gasteiger partial charge in [0.2, 0.25) is 5.82 Å². The molecule has 8 nitrogen and oxygen atoms in total. The zero-order valence-electron chi connectivity index (χ0n) is 13.3. The minimum atomic E-state index is -4.10. The maximum atomic E-state index is 12.7. The molecule has 0 aliphatic rings. The molecule has 0 saturated carbocycles. The molecule has 12 heteroatoms. The molecule has 0 radical (unpaired) electrons. The van der Waals surface area contributed by atoms with Crippen LogP contribution in [0.3, 0.4) is 0 Å². The van der Waals surface area contributed by atoms with Crippen molar-refractivity contribution in [2.45, 2.75) is 11.5 Å². The fraction of sp³-hybridized carbons (Fsp3) is 0.0667. The average Bonchev–Trinajstić information content (AvgIpc) is 2.64. The van der Waals surface area contributed by atoms with Crippen molar-refractivity contribution in [1.82, 2.24) is 19.9 Å². The molecule has 0 aliphatic heterocycles. The predicted octanol–water partition coefficient (Wildman–Crippen LogP) is 3.61. The molecule has 0 bridgehead atoms. The third-order valence-electron chi connectivity index (χ3n) is 3.14. The van der Waals surface area contributed by atoms with Gasteiger partial charge in [0.25, 0.3) is 15.9 Å². The van der Waals surface area contributed by atoms with Crippen LogP contribution in [-0.4, -0.2) is 28.4 Å². The van der Waals surface area contributed by atoms with Gasteiger partial charge in [0.15, 0.2) is 5.15 Å². The minimum absolute atomic E-state index is 0.0260. The fourth-order valence-electron chi connectivity index (χ4n) is 1.95. The third kappa shape index (κ3) is 4.75. The van der Waals surface area contributed by atoms with Crippen LogP contribution in [0.4, 0.5) is 5.82 Å². The Labute approximate surface area is 169 Å². The van der Waals surface area contributed by atoms with Crippen LogP contribution < -0.4 is 9.46 Å². The van der Waals surface area contributed by atoms with Gasteiger partial charge in [-0.05, 0) is 12.1 Å². The lowest BCUT2D eigenvalue weighted by Gasteiger charge is -2.13. The maximum absolute atomic E-state index is 12.7. The SMILES string of the molecule is O=S(=O)(Nc1ncc(Cl)nc1OCc1cncnc1)c1cccc(Cl)c1Cl. The summed E-state index contributed by atoms with van der Waals surface area (Å²) >= 11 is 17.7. The van der Waals surface area contributed by atoms with Crippen molar-refractivity contribution in [3.63, 3.8) is 0 Å². The molecule has 0 fully saturated rings. The number of aromatic nitrogens is 4. The Hall–Kier alpha value is -2.20. The van der Waals surface area contributed by atoms with Crippen LogP contribution in [0.1, 0.15) is 5.56 Å². The van der Waals surface area contributed by atoms with E-state index >= 15 is 0 Å². The summed E-state index contributed by atoms with van der Waals surface area (Å²) in [6.45, 7) is 0.0303. The number of hydrogen-bond acceptors (Lipinski definition) is 7. The molecule has 0 spiro atoms. The first-order valence-corrected chi connectivity index (χ1v) is 9.84. The summed E-state index contributed by atoms with van der Waals surface area (Å²) in [6.07, 6.45) is 5.63. The lowest BCUT2D eigenvalue weighted by atomic mass is 10.4. The van der Waals surface area contributed by atoms with Crippen molar-refractivity contribution in [1.29, 1.82) is 0 Å². The highest BCUT2D eigenvalue weighted by molar-refractivity contribution is 7.92. The van der Waals surface area contributed by atoms with E-state index in [0.29, 0.717) is 5.56 Å². The Kier molecular flexibility index (Phi) is 5.95. The maximum Gasteiger partial charge on any atom is 0.264 e. The molecule has 0 atom stereocenters. The molecule has 27 heavy (non-hydrogen) atoms. The first kappa shape index (κ1) is 19.6. The number of anilines is 1. The molecular weight excluding hydrogens is 437 g/mol. The summed E-state index contributed by atoms with van der Waals surface area (Å²) < 4.78 is 33.1. The Balaban J connectivity index is 1.89. The molecule has 0 unspecified atom stereocenters. The normalized spacial score (nSPS) is 11.2. The average molecular weight is 447 g/mol. The molecule has 1 aromatic carbocycles. The first-order chi connectivity index (χ1) is 12.9. The molecule has 1 N–H and O–H groups in total. The molecule has 0 aliphatic carbocycles. The third-order valence-corrected chi connectivity index (χ3v) is 5.63. The minimum Gasteiger partial charge on any atom is -0.470 e. The van der Waals surface area contributed by atoms with Crippen molar-refractivity contribution in [2.24, 2.45) is 0 Å². The number of sulfonamides is 1. The highest BCUT2D eigenvalue weighted by Gasteiger charge is 2.23. The van der Waals surface area contributed by atoms with Gasteiger partial charge < -0.3 is 4.74 Å². The lowest BCUT2D eigenvalue weighted by molar-refractivity contribution is 0.293. The second-order valence-electron chi connectivity index (χ2n) is 5.04. The molecule has 0 amide bonds. The van der Waals surface area contributed by atoms with Crippen molar-refractivity contribution in [2.75, 3.05) is 4.72 Å². The van der Waals surface area contributed by atoms with E-state index in [4.69, 9.17) is 39.5 Å². The zero-order chi connectivity index (χ0) is 19.4. The van der Waals surface area contributed by atoms with Crippen molar-refractivity contribution in [3.05, 3.63) is 63.9 Å². The summed E-state index contributed by atoms with van der Waals surface area (Å²) in [6, 6.07) is 4.24. The van der Waals surface area contributed by atoms with Crippen LogP contribution in [0.2, 0.25) is 15.2 Å². The second kappa shape index (κ2) is 8.22. The largest absolute Gasteiger partial charge is 0.470 e. The van der Waals surface area contributed by atoms with E-state index in [9.17, 15) is 8.42 Å². The van der Waals surface area contributed by atoms with Crippen molar-refractivity contribution >= 4 is 50.6 Å². The van der Waals surface area contributed by atoms with Gasteiger partial charge in [-0.15, -0.1) is 0 Å². The number of ether oxygens (including phenoxy) is 1. The van der Waals surface area contributed by atoms with E-state index < -0.39 is 10.0 Å². The quantitative estimate of drug-likeness (QED) is 0.616. The summed E-state index contributed by atoms with van der Waals surface area (Å²) in [5.74, 6) is -0.277. The van der Waals surface area contributed by atoms with E-state index in [1.54, 1.807) is 12.4 Å². The van der Waals surface area contributed by atoms with Gasteiger partial charge in [-0.2, -0.15) is 4.98 Å². The van der Waals surface area contributed by atoms with Crippen LogP contribution in [0.15, 0.2) is 48.0 Å². The van der Waals surface area contributed by atoms with Gasteiger partial charge in [-0.3, -0.25) is 4.72 Å². The molecular formula is C15H10Cl3N5O3S. The van der Waals surface area contributed by atoms with Crippen LogP contribution in [0, 0.1) is 0 Å². The highest BCUT2D eigenvalue weighted by atomic mass is 35.5. The van der Waals surface area contributed by atoms with E-state index in [-0.39, 0.29) is 38.4 Å². The van der Waals surface area contributed by atoms with Gasteiger partial charge >= 0.3 is 0 Å². The van der Waals surface area contributed by atoms with Crippen molar-refractivity contribution in [3.8, 4) is 5.88 Å². The molecule has 3 rings (SSSR count). The zero-order valence-corrected chi connectivity index (χ0v) is 16.4. The summed E-state index contributed by atoms with van der Waals surface area (Å²) in [5, 5.41) is 0.0119. The van der Waals surface area contributed by atoms with Gasteiger partial charge in [0, 0.05) is 18.0 Å². The number of benzene rings is 1. The fourth-order valence-corrected chi connectivity index (χ4v) is 3.85. The predicted molar refractivity (Wildman–Crippen MR) is 101 cm³/mol. The number of halogens is 3. The Bertz CT molecular complexity index is 1070. The van der Waals surface area contributed by atoms with E-state index in [1.165, 1.54) is 30.7 Å². The van der Waals surface area contributed by atoms with Crippen LogP contribution >= 0.6 is 34.8 Å². The molecule has 0 saturated heterocycles. The summed E-state index contributed by atoms with van der Waals surface area (Å²) in [5.41, 5.74) is 0.644. The summed E-state index contributed by atoms with van der Waals surface area (Å²) in [4.78, 5) is 15.4. The molecule has 2 heterocycles. The van der Waals surface area contributed by atoms with E-state index in [2.05, 4.69) is 24.7 Å². The second-order valence-corrected chi connectivity index (χ2v) is 7.86. The lowest BCUT2D eigenvalue weighted by Crippen LogP contribution is -2.16. The standard InChI is InChI=1S/C15H10Cl3N5O3S/c16-10-2-1-3-11(13(10)18)27(24,25)23-14-15(22-12(17)6-21-14)26-7-9-4-19-8-20-5-9/h1-6,8H,7H2,(H,21,23). The van der Waals surface area contributed by atoms with Gasteiger partial charge in [0.1, 0.15) is 17.8 Å². The smallest absolute Gasteiger partial charge is 0.264 e. The molecule has 2 aromatic heterocycles. The summed E-state index contributed by atoms with van der Waals surface area (Å²) in [7, 11) is -4.10. The number of nitrogens with one attached hydrogen (secondary N) is 1. The first-order valence-electron chi connectivity index (χ1n) is 7.23. The highest BCUT2D eigenvalue weighted by Crippen LogP contribution is 2.31. The molecule has 140 valence electrons. The number of hydrogen-bond donors (Lipinski definition) is 1. The Morgan fingerprint density at radius 1 is 1.07 bits per heavy atom. The monoisotopic (exact) mass is 445 g/mol. The Morgan fingerprint density at radius 2 is 1.81 bits per heavy atom. The number of rotatable bonds is 6. The van der Waals surface area contributed by atoms with Gasteiger partial charge in [-0.25, -0.2) is 23.4 Å². The van der Waals surface area contributed by atoms with Gasteiger partial charge in [-0.1, -0.05) is 40.9 Å². The van der Waals surface area contributed by atoms with Crippen LogP contribution in [-0.2, 0) is 16.6 Å². The topological polar surface area (TPSA) is 107 Å². The van der Waals surface area contributed by atoms with E-state index in [1.807, 2.05) is 0 Å². The number of nitrogens with zero attached hydrogens (tertiary/aromatic N) is 4. The Morgan fingerprint density at radius 3 is 2.56 bits per heavy atom. The van der Waals surface area contributed by atoms with Crippen LogP contribution in [0.5, 0.6) is 5.88 Å². The van der Waals surface area contributed by atoms with Gasteiger partial charge in [0.05, 0.1) is 16.2 Å². The molecule has 3 aromatic rings. The van der Waals surface area contributed by atoms with Crippen molar-refractivity contribution < 1.29 is 13.2 Å².